The highest BCUT2D eigenvalue weighted by atomic mass is 16.2. The maximum atomic E-state index is 13.0. The topological polar surface area (TPSA) is 48.5 Å². The first-order chi connectivity index (χ1) is 15.3. The molecule has 1 N–H and O–H groups in total. The summed E-state index contributed by atoms with van der Waals surface area (Å²) in [6.07, 6.45) is 6.45. The number of hydrogen-bond acceptors (Lipinski definition) is 4. The molecule has 0 saturated carbocycles. The van der Waals surface area contributed by atoms with E-state index in [2.05, 4.69) is 45.5 Å². The molecule has 2 aliphatic heterocycles. The molecule has 3 aromatic rings. The lowest BCUT2D eigenvalue weighted by Gasteiger charge is -2.30. The molecule has 0 bridgehead atoms. The summed E-state index contributed by atoms with van der Waals surface area (Å²) in [6, 6.07) is 20.5. The summed E-state index contributed by atoms with van der Waals surface area (Å²) in [6.45, 7) is 3.70. The van der Waals surface area contributed by atoms with Gasteiger partial charge in [-0.1, -0.05) is 36.4 Å². The summed E-state index contributed by atoms with van der Waals surface area (Å²) in [5, 5.41) is 3.43. The number of carbonyl (C=O) groups excluding carboxylic acids is 1. The average molecular weight is 413 g/mol. The van der Waals surface area contributed by atoms with Gasteiger partial charge in [0.1, 0.15) is 5.82 Å². The Balaban J connectivity index is 1.25. The van der Waals surface area contributed by atoms with Crippen LogP contribution in [0, 0.1) is 0 Å². The molecule has 3 heterocycles. The minimum absolute atomic E-state index is 0.0134. The zero-order valence-electron chi connectivity index (χ0n) is 17.8. The maximum Gasteiger partial charge on any atom is 0.259 e. The van der Waals surface area contributed by atoms with Gasteiger partial charge in [-0.05, 0) is 61.1 Å². The van der Waals surface area contributed by atoms with E-state index in [4.69, 9.17) is 0 Å². The summed E-state index contributed by atoms with van der Waals surface area (Å²) in [4.78, 5) is 21.8. The van der Waals surface area contributed by atoms with Gasteiger partial charge in [-0.3, -0.25) is 4.79 Å². The molecule has 1 fully saturated rings. The van der Waals surface area contributed by atoms with Crippen LogP contribution >= 0.6 is 0 Å². The third-order valence-corrected chi connectivity index (χ3v) is 6.29. The number of rotatable bonds is 5. The lowest BCUT2D eigenvalue weighted by atomic mass is 10.1. The smallest absolute Gasteiger partial charge is 0.259 e. The normalized spacial score (nSPS) is 15.6. The largest absolute Gasteiger partial charge is 0.371 e. The fourth-order valence-corrected chi connectivity index (χ4v) is 4.62. The van der Waals surface area contributed by atoms with Crippen LogP contribution in [0.1, 0.15) is 40.7 Å². The van der Waals surface area contributed by atoms with Crippen molar-refractivity contribution in [2.24, 2.45) is 0 Å². The van der Waals surface area contributed by atoms with Crippen molar-refractivity contribution in [2.45, 2.75) is 32.2 Å². The fourth-order valence-electron chi connectivity index (χ4n) is 4.62. The van der Waals surface area contributed by atoms with Crippen LogP contribution in [0.2, 0.25) is 0 Å². The molecule has 0 radical (unpaired) electrons. The Labute approximate surface area is 183 Å². The molecular weight excluding hydrogens is 384 g/mol. The number of para-hydroxylation sites is 2. The van der Waals surface area contributed by atoms with Crippen LogP contribution in [0.4, 0.5) is 17.2 Å². The van der Waals surface area contributed by atoms with E-state index >= 15 is 0 Å². The van der Waals surface area contributed by atoms with Crippen molar-refractivity contribution in [3.63, 3.8) is 0 Å². The Kier molecular flexibility index (Phi) is 5.57. The van der Waals surface area contributed by atoms with Gasteiger partial charge in [0.25, 0.3) is 5.91 Å². The first-order valence-electron chi connectivity index (χ1n) is 11.2. The van der Waals surface area contributed by atoms with Crippen molar-refractivity contribution in [3.05, 3.63) is 83.6 Å². The zero-order valence-corrected chi connectivity index (χ0v) is 17.8. The van der Waals surface area contributed by atoms with Crippen molar-refractivity contribution in [2.75, 3.05) is 34.8 Å². The molecule has 2 aromatic carbocycles. The number of fused-ring (bicyclic) bond motifs is 1. The molecular formula is C26H28N4O. The van der Waals surface area contributed by atoms with Crippen LogP contribution < -0.4 is 15.1 Å². The minimum atomic E-state index is 0.0134. The van der Waals surface area contributed by atoms with Gasteiger partial charge >= 0.3 is 0 Å². The van der Waals surface area contributed by atoms with E-state index in [1.54, 1.807) is 6.20 Å². The van der Waals surface area contributed by atoms with Crippen molar-refractivity contribution in [3.8, 4) is 0 Å². The molecule has 2 aliphatic rings. The number of benzene rings is 2. The van der Waals surface area contributed by atoms with Crippen molar-refractivity contribution < 1.29 is 4.79 Å². The number of pyridine rings is 1. The molecule has 0 aliphatic carbocycles. The number of nitrogens with zero attached hydrogens (tertiary/aromatic N) is 3. The van der Waals surface area contributed by atoms with E-state index < -0.39 is 0 Å². The minimum Gasteiger partial charge on any atom is -0.371 e. The number of aromatic nitrogens is 1. The van der Waals surface area contributed by atoms with E-state index in [9.17, 15) is 4.79 Å². The van der Waals surface area contributed by atoms with Gasteiger partial charge in [0.15, 0.2) is 0 Å². The standard InChI is InChI=1S/C26H28N4O/c31-26(30-17-14-20-8-2-5-11-24(20)30)22-12-13-25(28-19-22)27-18-21-9-3-4-10-23(21)29-15-6-1-7-16-29/h2-5,8-13,19H,1,6-7,14-18H2,(H,27,28). The van der Waals surface area contributed by atoms with Gasteiger partial charge in [0.05, 0.1) is 5.56 Å². The molecule has 5 rings (SSSR count). The molecule has 31 heavy (non-hydrogen) atoms. The third-order valence-electron chi connectivity index (χ3n) is 6.29. The van der Waals surface area contributed by atoms with E-state index in [1.165, 1.54) is 36.1 Å². The molecule has 1 amide bonds. The van der Waals surface area contributed by atoms with Crippen LogP contribution in [-0.2, 0) is 13.0 Å². The first kappa shape index (κ1) is 19.6. The Morgan fingerprint density at radius 1 is 0.871 bits per heavy atom. The number of carbonyl (C=O) groups is 1. The molecule has 1 aromatic heterocycles. The van der Waals surface area contributed by atoms with Crippen molar-refractivity contribution in [1.29, 1.82) is 0 Å². The first-order valence-corrected chi connectivity index (χ1v) is 11.2. The molecule has 5 heteroatoms. The molecule has 158 valence electrons. The predicted octanol–water partition coefficient (Wildman–Crippen LogP) is 4.89. The van der Waals surface area contributed by atoms with Crippen molar-refractivity contribution >= 4 is 23.1 Å². The third kappa shape index (κ3) is 4.13. The monoisotopic (exact) mass is 412 g/mol. The number of anilines is 3. The quantitative estimate of drug-likeness (QED) is 0.648. The lowest BCUT2D eigenvalue weighted by molar-refractivity contribution is 0.0989. The maximum absolute atomic E-state index is 13.0. The second-order valence-corrected chi connectivity index (χ2v) is 8.30. The van der Waals surface area contributed by atoms with Crippen LogP contribution in [0.3, 0.4) is 0 Å². The summed E-state index contributed by atoms with van der Waals surface area (Å²) in [5.74, 6) is 0.797. The van der Waals surface area contributed by atoms with Crippen LogP contribution in [-0.4, -0.2) is 30.5 Å². The second kappa shape index (κ2) is 8.80. The predicted molar refractivity (Wildman–Crippen MR) is 126 cm³/mol. The number of nitrogens with one attached hydrogen (secondary N) is 1. The SMILES string of the molecule is O=C(c1ccc(NCc2ccccc2N2CCCCC2)nc1)N1CCc2ccccc21. The number of hydrogen-bond donors (Lipinski definition) is 1. The van der Waals surface area contributed by atoms with E-state index in [1.807, 2.05) is 35.2 Å². The van der Waals surface area contributed by atoms with Gasteiger partial charge in [-0.2, -0.15) is 0 Å². The van der Waals surface area contributed by atoms with E-state index in [0.29, 0.717) is 12.1 Å². The van der Waals surface area contributed by atoms with E-state index in [0.717, 1.165) is 37.6 Å². The highest BCUT2D eigenvalue weighted by Gasteiger charge is 2.25. The van der Waals surface area contributed by atoms with Gasteiger partial charge in [0, 0.05) is 43.8 Å². The Morgan fingerprint density at radius 2 is 1.65 bits per heavy atom. The van der Waals surface area contributed by atoms with Gasteiger partial charge in [-0.15, -0.1) is 0 Å². The van der Waals surface area contributed by atoms with Gasteiger partial charge in [-0.25, -0.2) is 4.98 Å². The Morgan fingerprint density at radius 3 is 2.45 bits per heavy atom. The second-order valence-electron chi connectivity index (χ2n) is 8.30. The molecule has 0 spiro atoms. The Hall–Kier alpha value is -3.34. The summed E-state index contributed by atoms with van der Waals surface area (Å²) in [7, 11) is 0. The number of piperidine rings is 1. The molecule has 1 saturated heterocycles. The van der Waals surface area contributed by atoms with Crippen LogP contribution in [0.15, 0.2) is 66.9 Å². The number of amides is 1. The summed E-state index contributed by atoms with van der Waals surface area (Å²) in [5.41, 5.74) is 5.46. The summed E-state index contributed by atoms with van der Waals surface area (Å²) < 4.78 is 0. The highest BCUT2D eigenvalue weighted by Crippen LogP contribution is 2.29. The van der Waals surface area contributed by atoms with Crippen molar-refractivity contribution in [1.82, 2.24) is 4.98 Å². The highest BCUT2D eigenvalue weighted by molar-refractivity contribution is 6.07. The van der Waals surface area contributed by atoms with Crippen LogP contribution in [0.25, 0.3) is 0 Å². The molecule has 5 nitrogen and oxygen atoms in total. The Bertz CT molecular complexity index is 1060. The van der Waals surface area contributed by atoms with Gasteiger partial charge in [0.2, 0.25) is 0 Å². The van der Waals surface area contributed by atoms with Gasteiger partial charge < -0.3 is 15.1 Å². The average Bonchev–Trinajstić information content (AvgIpc) is 3.28. The van der Waals surface area contributed by atoms with E-state index in [-0.39, 0.29) is 5.91 Å². The lowest BCUT2D eigenvalue weighted by Crippen LogP contribution is -2.30. The summed E-state index contributed by atoms with van der Waals surface area (Å²) >= 11 is 0. The zero-order chi connectivity index (χ0) is 21.0. The molecule has 0 unspecified atom stereocenters. The fraction of sp³-hybridized carbons (Fsp3) is 0.308. The van der Waals surface area contributed by atoms with Crippen LogP contribution in [0.5, 0.6) is 0 Å². The molecule has 0 atom stereocenters.